The summed E-state index contributed by atoms with van der Waals surface area (Å²) in [6, 6.07) is 11.5. The van der Waals surface area contributed by atoms with Crippen molar-refractivity contribution in [2.75, 3.05) is 11.5 Å². The molecular formula is C25H23FN6O. The zero-order valence-corrected chi connectivity index (χ0v) is 17.9. The third-order valence-electron chi connectivity index (χ3n) is 5.96. The lowest BCUT2D eigenvalue weighted by Crippen LogP contribution is -2.12. The number of nitrogens with two attached hydrogens (primary N) is 2. The molecule has 2 heterocycles. The van der Waals surface area contributed by atoms with Crippen LogP contribution in [0, 0.1) is 5.82 Å². The van der Waals surface area contributed by atoms with Crippen LogP contribution in [0.25, 0.3) is 22.4 Å². The lowest BCUT2D eigenvalue weighted by molar-refractivity contribution is 0.279. The molecular weight excluding hydrogens is 419 g/mol. The number of anilines is 2. The number of benzene rings is 2. The van der Waals surface area contributed by atoms with Crippen LogP contribution in [0.5, 0.6) is 5.75 Å². The van der Waals surface area contributed by atoms with Gasteiger partial charge >= 0.3 is 0 Å². The van der Waals surface area contributed by atoms with Gasteiger partial charge in [0, 0.05) is 29.1 Å². The van der Waals surface area contributed by atoms with Gasteiger partial charge in [0.05, 0.1) is 18.1 Å². The SMILES string of the molecule is Nc1cnc(-c2ccc(C3CCC3)c(OCc3ccc(-c4cnc(N)nc4)cc3)c2F)cn1. The molecule has 1 saturated carbocycles. The Bertz CT molecular complexity index is 1260. The Morgan fingerprint density at radius 1 is 0.848 bits per heavy atom. The molecule has 0 spiro atoms. The summed E-state index contributed by atoms with van der Waals surface area (Å²) in [5.41, 5.74) is 15.6. The van der Waals surface area contributed by atoms with Gasteiger partial charge in [0.15, 0.2) is 11.6 Å². The number of nitrogens with zero attached hydrogens (tertiary/aromatic N) is 4. The molecule has 8 heteroatoms. The smallest absolute Gasteiger partial charge is 0.219 e. The van der Waals surface area contributed by atoms with E-state index < -0.39 is 5.82 Å². The average molecular weight is 442 g/mol. The molecule has 0 atom stereocenters. The van der Waals surface area contributed by atoms with E-state index in [0.29, 0.717) is 17.2 Å². The van der Waals surface area contributed by atoms with Crippen LogP contribution in [0.1, 0.15) is 36.3 Å². The Hall–Kier alpha value is -4.07. The maximum atomic E-state index is 15.6. The highest BCUT2D eigenvalue weighted by Crippen LogP contribution is 2.44. The largest absolute Gasteiger partial charge is 0.486 e. The number of rotatable bonds is 6. The quantitative estimate of drug-likeness (QED) is 0.443. The number of hydrogen-bond acceptors (Lipinski definition) is 7. The lowest BCUT2D eigenvalue weighted by atomic mass is 9.79. The predicted octanol–water partition coefficient (Wildman–Crippen LogP) is 4.75. The van der Waals surface area contributed by atoms with Crippen LogP contribution in [0.4, 0.5) is 16.2 Å². The second-order valence-corrected chi connectivity index (χ2v) is 8.12. The fourth-order valence-corrected chi connectivity index (χ4v) is 3.87. The monoisotopic (exact) mass is 442 g/mol. The van der Waals surface area contributed by atoms with Crippen molar-refractivity contribution >= 4 is 11.8 Å². The van der Waals surface area contributed by atoms with Crippen molar-refractivity contribution in [1.82, 2.24) is 19.9 Å². The molecule has 0 amide bonds. The maximum absolute atomic E-state index is 15.6. The second-order valence-electron chi connectivity index (χ2n) is 8.12. The maximum Gasteiger partial charge on any atom is 0.219 e. The standard InChI is InChI=1S/C25H23FN6O/c26-23-20(21-12-30-22(27)13-29-21)9-8-19(17-2-1-3-17)24(23)33-14-15-4-6-16(7-5-15)18-10-31-25(28)32-11-18/h4-13,17H,1-3,14H2,(H2,27,30)(H2,28,31,32). The Morgan fingerprint density at radius 3 is 2.24 bits per heavy atom. The molecule has 5 rings (SSSR count). The van der Waals surface area contributed by atoms with Crippen molar-refractivity contribution in [3.63, 3.8) is 0 Å². The van der Waals surface area contributed by atoms with Crippen molar-refractivity contribution in [1.29, 1.82) is 0 Å². The van der Waals surface area contributed by atoms with Gasteiger partial charge in [0.2, 0.25) is 5.95 Å². The summed E-state index contributed by atoms with van der Waals surface area (Å²) >= 11 is 0. The Balaban J connectivity index is 1.40. The second kappa shape index (κ2) is 8.82. The highest BCUT2D eigenvalue weighted by molar-refractivity contribution is 5.64. The van der Waals surface area contributed by atoms with E-state index in [1.807, 2.05) is 30.3 Å². The summed E-state index contributed by atoms with van der Waals surface area (Å²) in [7, 11) is 0. The van der Waals surface area contributed by atoms with Gasteiger partial charge in [-0.05, 0) is 36.0 Å². The third kappa shape index (κ3) is 4.32. The van der Waals surface area contributed by atoms with Crippen LogP contribution in [0.15, 0.2) is 61.2 Å². The summed E-state index contributed by atoms with van der Waals surface area (Å²) in [6.07, 6.45) is 9.47. The van der Waals surface area contributed by atoms with E-state index >= 15 is 4.39 Å². The van der Waals surface area contributed by atoms with Gasteiger partial charge in [-0.25, -0.2) is 19.3 Å². The molecule has 1 aliphatic rings. The van der Waals surface area contributed by atoms with E-state index in [4.69, 9.17) is 16.2 Å². The van der Waals surface area contributed by atoms with Gasteiger partial charge in [-0.3, -0.25) is 4.98 Å². The van der Waals surface area contributed by atoms with E-state index in [1.54, 1.807) is 18.5 Å². The summed E-state index contributed by atoms with van der Waals surface area (Å²) in [5, 5.41) is 0. The molecule has 1 aliphatic carbocycles. The van der Waals surface area contributed by atoms with Crippen molar-refractivity contribution in [2.45, 2.75) is 31.8 Å². The Labute approximate surface area is 190 Å². The summed E-state index contributed by atoms with van der Waals surface area (Å²) in [6.45, 7) is 0.242. The van der Waals surface area contributed by atoms with Gasteiger partial charge in [-0.15, -0.1) is 0 Å². The number of nitrogen functional groups attached to an aromatic ring is 2. The number of aromatic nitrogens is 4. The molecule has 7 nitrogen and oxygen atoms in total. The average Bonchev–Trinajstić information content (AvgIpc) is 2.79. The van der Waals surface area contributed by atoms with Gasteiger partial charge in [0.1, 0.15) is 12.4 Å². The third-order valence-corrected chi connectivity index (χ3v) is 5.96. The summed E-state index contributed by atoms with van der Waals surface area (Å²) in [4.78, 5) is 16.3. The topological polar surface area (TPSA) is 113 Å². The minimum absolute atomic E-state index is 0.236. The van der Waals surface area contributed by atoms with E-state index in [9.17, 15) is 0 Å². The number of halogens is 1. The van der Waals surface area contributed by atoms with E-state index in [2.05, 4.69) is 19.9 Å². The minimum Gasteiger partial charge on any atom is -0.486 e. The lowest BCUT2D eigenvalue weighted by Gasteiger charge is -2.28. The molecule has 0 bridgehead atoms. The Morgan fingerprint density at radius 2 is 1.61 bits per heavy atom. The van der Waals surface area contributed by atoms with Crippen molar-refractivity contribution in [3.05, 3.63) is 78.1 Å². The molecule has 33 heavy (non-hydrogen) atoms. The van der Waals surface area contributed by atoms with Gasteiger partial charge in [0.25, 0.3) is 0 Å². The molecule has 0 aliphatic heterocycles. The van der Waals surface area contributed by atoms with Crippen molar-refractivity contribution in [3.8, 4) is 28.1 Å². The van der Waals surface area contributed by atoms with Gasteiger partial charge < -0.3 is 16.2 Å². The molecule has 2 aromatic carbocycles. The fraction of sp³-hybridized carbons (Fsp3) is 0.200. The van der Waals surface area contributed by atoms with Crippen LogP contribution < -0.4 is 16.2 Å². The zero-order valence-electron chi connectivity index (χ0n) is 17.9. The molecule has 1 fully saturated rings. The first-order valence-corrected chi connectivity index (χ1v) is 10.8. The highest BCUT2D eigenvalue weighted by atomic mass is 19.1. The fourth-order valence-electron chi connectivity index (χ4n) is 3.87. The zero-order chi connectivity index (χ0) is 22.8. The first kappa shape index (κ1) is 20.8. The van der Waals surface area contributed by atoms with Crippen molar-refractivity contribution < 1.29 is 9.13 Å². The van der Waals surface area contributed by atoms with Crippen LogP contribution in [-0.4, -0.2) is 19.9 Å². The first-order valence-electron chi connectivity index (χ1n) is 10.8. The molecule has 166 valence electrons. The summed E-state index contributed by atoms with van der Waals surface area (Å²) < 4.78 is 21.7. The number of ether oxygens (including phenoxy) is 1. The minimum atomic E-state index is -0.422. The van der Waals surface area contributed by atoms with E-state index in [1.165, 1.54) is 12.4 Å². The molecule has 4 aromatic rings. The van der Waals surface area contributed by atoms with E-state index in [-0.39, 0.29) is 24.1 Å². The Kier molecular flexibility index (Phi) is 5.56. The molecule has 4 N–H and O–H groups in total. The van der Waals surface area contributed by atoms with Crippen LogP contribution >= 0.6 is 0 Å². The molecule has 2 aromatic heterocycles. The highest BCUT2D eigenvalue weighted by Gasteiger charge is 2.27. The number of hydrogen-bond donors (Lipinski definition) is 2. The first-order chi connectivity index (χ1) is 16.1. The molecule has 0 radical (unpaired) electrons. The van der Waals surface area contributed by atoms with Crippen molar-refractivity contribution in [2.24, 2.45) is 0 Å². The van der Waals surface area contributed by atoms with E-state index in [0.717, 1.165) is 41.5 Å². The predicted molar refractivity (Wildman–Crippen MR) is 125 cm³/mol. The molecule has 0 unspecified atom stereocenters. The van der Waals surface area contributed by atoms with Gasteiger partial charge in [-0.1, -0.05) is 36.8 Å². The van der Waals surface area contributed by atoms with Crippen LogP contribution in [0.2, 0.25) is 0 Å². The van der Waals surface area contributed by atoms with Crippen LogP contribution in [0.3, 0.4) is 0 Å². The summed E-state index contributed by atoms with van der Waals surface area (Å²) in [5.74, 6) is 0.700. The normalized spacial score (nSPS) is 13.5. The van der Waals surface area contributed by atoms with Gasteiger partial charge in [-0.2, -0.15) is 0 Å². The van der Waals surface area contributed by atoms with Crippen LogP contribution in [-0.2, 0) is 6.61 Å². The molecule has 0 saturated heterocycles.